The number of hydrogen-bond donors (Lipinski definition) is 0. The first kappa shape index (κ1) is 18.2. The van der Waals surface area contributed by atoms with Gasteiger partial charge in [-0.05, 0) is 42.8 Å². The van der Waals surface area contributed by atoms with Gasteiger partial charge in [-0.15, -0.1) is 0 Å². The molecule has 2 heterocycles. The predicted molar refractivity (Wildman–Crippen MR) is 99.1 cm³/mol. The molecule has 0 atom stereocenters. The number of carbonyl (C=O) groups excluding carboxylic acids is 1. The molecule has 0 spiro atoms. The maximum absolute atomic E-state index is 13.7. The molecule has 142 valence electrons. The van der Waals surface area contributed by atoms with Crippen molar-refractivity contribution in [1.29, 1.82) is 0 Å². The number of hydrogen-bond acceptors (Lipinski definition) is 6. The molecule has 0 saturated heterocycles. The summed E-state index contributed by atoms with van der Waals surface area (Å²) in [5.41, 5.74) is 2.04. The number of carbonyl (C=O) groups is 1. The Morgan fingerprint density at radius 2 is 2.14 bits per heavy atom. The lowest BCUT2D eigenvalue weighted by Crippen LogP contribution is -2.17. The minimum Gasteiger partial charge on any atom is -0.488 e. The van der Waals surface area contributed by atoms with Gasteiger partial charge in [0.2, 0.25) is 5.82 Å². The molecule has 2 aromatic carbocycles. The van der Waals surface area contributed by atoms with E-state index in [9.17, 15) is 9.18 Å². The summed E-state index contributed by atoms with van der Waals surface area (Å²) in [5.74, 6) is 0.0401. The second kappa shape index (κ2) is 7.44. The van der Waals surface area contributed by atoms with E-state index in [-0.39, 0.29) is 30.7 Å². The second-order valence-electron chi connectivity index (χ2n) is 6.19. The third kappa shape index (κ3) is 3.75. The molecule has 0 N–H and O–H groups in total. The van der Waals surface area contributed by atoms with Gasteiger partial charge < -0.3 is 14.0 Å². The summed E-state index contributed by atoms with van der Waals surface area (Å²) in [6, 6.07) is 9.79. The lowest BCUT2D eigenvalue weighted by atomic mass is 10.1. The van der Waals surface area contributed by atoms with E-state index in [1.165, 1.54) is 6.07 Å². The van der Waals surface area contributed by atoms with E-state index >= 15 is 0 Å². The number of rotatable bonds is 4. The maximum Gasteiger partial charge on any atom is 0.338 e. The Morgan fingerprint density at radius 3 is 2.96 bits per heavy atom. The van der Waals surface area contributed by atoms with Crippen LogP contribution in [0.15, 0.2) is 46.5 Å². The zero-order chi connectivity index (χ0) is 19.7. The van der Waals surface area contributed by atoms with Crippen LogP contribution in [-0.4, -0.2) is 22.7 Å². The van der Waals surface area contributed by atoms with Crippen LogP contribution in [0.25, 0.3) is 17.5 Å². The Hall–Kier alpha value is -3.19. The van der Waals surface area contributed by atoms with Gasteiger partial charge in [0.1, 0.15) is 18.2 Å². The molecule has 6 nitrogen and oxygen atoms in total. The van der Waals surface area contributed by atoms with Crippen LogP contribution < -0.4 is 4.74 Å². The summed E-state index contributed by atoms with van der Waals surface area (Å²) < 4.78 is 29.5. The molecular formula is C20H14ClFN2O4. The van der Waals surface area contributed by atoms with Crippen molar-refractivity contribution >= 4 is 23.6 Å². The first-order chi connectivity index (χ1) is 13.5. The summed E-state index contributed by atoms with van der Waals surface area (Å²) in [7, 11) is 0. The predicted octanol–water partition coefficient (Wildman–Crippen LogP) is 4.36. The molecule has 0 saturated carbocycles. The quantitative estimate of drug-likeness (QED) is 0.606. The number of aromatic nitrogens is 2. The molecular weight excluding hydrogens is 387 g/mol. The topological polar surface area (TPSA) is 74.5 Å². The van der Waals surface area contributed by atoms with Crippen molar-refractivity contribution in [3.05, 3.63) is 69.8 Å². The Morgan fingerprint density at radius 1 is 1.29 bits per heavy atom. The number of ether oxygens (including phenoxy) is 2. The summed E-state index contributed by atoms with van der Waals surface area (Å²) >= 11 is 5.96. The highest BCUT2D eigenvalue weighted by molar-refractivity contribution is 6.30. The molecule has 1 aliphatic heterocycles. The average molecular weight is 401 g/mol. The highest BCUT2D eigenvalue weighted by Crippen LogP contribution is 2.29. The van der Waals surface area contributed by atoms with Gasteiger partial charge in [-0.1, -0.05) is 28.9 Å². The number of esters is 1. The zero-order valence-electron chi connectivity index (χ0n) is 14.7. The van der Waals surface area contributed by atoms with Crippen LogP contribution in [0, 0.1) is 12.7 Å². The van der Waals surface area contributed by atoms with Gasteiger partial charge in [-0.3, -0.25) is 0 Å². The molecule has 0 bridgehead atoms. The summed E-state index contributed by atoms with van der Waals surface area (Å²) in [4.78, 5) is 16.4. The van der Waals surface area contributed by atoms with E-state index in [1.54, 1.807) is 43.3 Å². The van der Waals surface area contributed by atoms with E-state index in [0.29, 0.717) is 33.0 Å². The smallest absolute Gasteiger partial charge is 0.338 e. The van der Waals surface area contributed by atoms with E-state index in [4.69, 9.17) is 25.6 Å². The van der Waals surface area contributed by atoms with Gasteiger partial charge in [0.25, 0.3) is 5.89 Å². The van der Waals surface area contributed by atoms with Gasteiger partial charge in [0.15, 0.2) is 6.61 Å². The minimum atomic E-state index is -0.563. The standard InChI is InChI=1S/C20H14ClFN2O4/c1-11-2-3-12(8-16(11)22)19-23-18(28-24-19)10-27-20(25)14-6-13-7-15(21)4-5-17(13)26-9-14/h2-8H,9-10H2,1H3. The molecule has 1 aromatic heterocycles. The fourth-order valence-corrected chi connectivity index (χ4v) is 2.83. The van der Waals surface area contributed by atoms with Crippen molar-refractivity contribution < 1.29 is 23.2 Å². The van der Waals surface area contributed by atoms with Gasteiger partial charge in [0, 0.05) is 16.1 Å². The van der Waals surface area contributed by atoms with Crippen LogP contribution in [0.3, 0.4) is 0 Å². The van der Waals surface area contributed by atoms with E-state index < -0.39 is 5.97 Å². The number of aryl methyl sites for hydroxylation is 1. The molecule has 8 heteroatoms. The Labute approximate surface area is 164 Å². The van der Waals surface area contributed by atoms with E-state index in [0.717, 1.165) is 0 Å². The maximum atomic E-state index is 13.7. The Kier molecular flexibility index (Phi) is 4.83. The molecule has 0 aliphatic carbocycles. The highest BCUT2D eigenvalue weighted by Gasteiger charge is 2.20. The van der Waals surface area contributed by atoms with Crippen molar-refractivity contribution in [3.8, 4) is 17.1 Å². The van der Waals surface area contributed by atoms with Crippen LogP contribution in [0.4, 0.5) is 4.39 Å². The number of benzene rings is 2. The SMILES string of the molecule is Cc1ccc(-c2noc(COC(=O)C3=Cc4cc(Cl)ccc4OC3)n2)cc1F. The molecule has 0 radical (unpaired) electrons. The summed E-state index contributed by atoms with van der Waals surface area (Å²) in [6.45, 7) is 1.54. The molecule has 0 fully saturated rings. The average Bonchev–Trinajstić information content (AvgIpc) is 3.16. The number of nitrogens with zero attached hydrogens (tertiary/aromatic N) is 2. The van der Waals surface area contributed by atoms with Crippen LogP contribution in [-0.2, 0) is 16.1 Å². The fraction of sp³-hybridized carbons (Fsp3) is 0.150. The van der Waals surface area contributed by atoms with Gasteiger partial charge in [-0.2, -0.15) is 4.98 Å². The van der Waals surface area contributed by atoms with Gasteiger partial charge >= 0.3 is 5.97 Å². The van der Waals surface area contributed by atoms with Gasteiger partial charge in [-0.25, -0.2) is 9.18 Å². The third-order valence-corrected chi connectivity index (χ3v) is 4.41. The van der Waals surface area contributed by atoms with Crippen molar-refractivity contribution in [2.24, 2.45) is 0 Å². The molecule has 0 unspecified atom stereocenters. The van der Waals surface area contributed by atoms with Crippen molar-refractivity contribution in [3.63, 3.8) is 0 Å². The largest absolute Gasteiger partial charge is 0.488 e. The summed E-state index contributed by atoms with van der Waals surface area (Å²) in [6.07, 6.45) is 1.67. The Bertz CT molecular complexity index is 1090. The normalized spacial score (nSPS) is 12.8. The van der Waals surface area contributed by atoms with Gasteiger partial charge in [0.05, 0.1) is 5.57 Å². The summed E-state index contributed by atoms with van der Waals surface area (Å²) in [5, 5.41) is 4.33. The number of fused-ring (bicyclic) bond motifs is 1. The number of halogens is 2. The first-order valence-corrected chi connectivity index (χ1v) is 8.76. The van der Waals surface area contributed by atoms with Crippen LogP contribution in [0.2, 0.25) is 5.02 Å². The van der Waals surface area contributed by atoms with Crippen LogP contribution in [0.5, 0.6) is 5.75 Å². The molecule has 28 heavy (non-hydrogen) atoms. The van der Waals surface area contributed by atoms with Crippen molar-refractivity contribution in [2.45, 2.75) is 13.5 Å². The van der Waals surface area contributed by atoms with Crippen molar-refractivity contribution in [2.75, 3.05) is 6.61 Å². The van der Waals surface area contributed by atoms with Crippen molar-refractivity contribution in [1.82, 2.24) is 10.1 Å². The third-order valence-electron chi connectivity index (χ3n) is 4.17. The fourth-order valence-electron chi connectivity index (χ4n) is 2.65. The molecule has 0 amide bonds. The lowest BCUT2D eigenvalue weighted by Gasteiger charge is -2.17. The van der Waals surface area contributed by atoms with Crippen LogP contribution in [0.1, 0.15) is 17.0 Å². The Balaban J connectivity index is 1.43. The first-order valence-electron chi connectivity index (χ1n) is 8.39. The zero-order valence-corrected chi connectivity index (χ0v) is 15.5. The van der Waals surface area contributed by atoms with E-state index in [2.05, 4.69) is 10.1 Å². The van der Waals surface area contributed by atoms with E-state index in [1.807, 2.05) is 0 Å². The van der Waals surface area contributed by atoms with Crippen LogP contribution >= 0.6 is 11.6 Å². The minimum absolute atomic E-state index is 0.0885. The lowest BCUT2D eigenvalue weighted by molar-refractivity contribution is -0.141. The monoisotopic (exact) mass is 400 g/mol. The molecule has 4 rings (SSSR count). The molecule has 1 aliphatic rings. The second-order valence-corrected chi connectivity index (χ2v) is 6.63. The highest BCUT2D eigenvalue weighted by atomic mass is 35.5. The molecule has 3 aromatic rings.